The maximum atomic E-state index is 13.7. The summed E-state index contributed by atoms with van der Waals surface area (Å²) >= 11 is 0. The molecule has 1 amide bonds. The van der Waals surface area contributed by atoms with Crippen LogP contribution < -0.4 is 30.1 Å². The van der Waals surface area contributed by atoms with Gasteiger partial charge in [0.05, 0.1) is 36.8 Å². The number of aryl methyl sites for hydroxylation is 1. The molecular formula is C36H42FN7O4. The van der Waals surface area contributed by atoms with Gasteiger partial charge in [0.2, 0.25) is 5.91 Å². The number of methoxy groups -OCH3 is 1. The molecule has 3 aromatic carbocycles. The molecule has 1 aromatic heterocycles. The maximum Gasteiger partial charge on any atom is 0.247 e. The van der Waals surface area contributed by atoms with Gasteiger partial charge in [-0.05, 0) is 68.1 Å². The Hall–Kier alpha value is -5.20. The monoisotopic (exact) mass is 655 g/mol. The number of nitrogens with one attached hydrogen (secondary N) is 2. The van der Waals surface area contributed by atoms with Crippen molar-refractivity contribution >= 4 is 34.6 Å². The third-order valence-electron chi connectivity index (χ3n) is 7.98. The summed E-state index contributed by atoms with van der Waals surface area (Å²) in [6.07, 6.45) is 3.44. The molecule has 2 N–H and O–H groups in total. The lowest BCUT2D eigenvalue weighted by atomic mass is 10.0. The summed E-state index contributed by atoms with van der Waals surface area (Å²) in [5.74, 6) is 1.74. The van der Waals surface area contributed by atoms with Crippen molar-refractivity contribution in [2.24, 2.45) is 0 Å². The number of ether oxygens (including phenoxy) is 2. The van der Waals surface area contributed by atoms with E-state index in [0.717, 1.165) is 47.6 Å². The molecule has 48 heavy (non-hydrogen) atoms. The van der Waals surface area contributed by atoms with E-state index in [4.69, 9.17) is 14.3 Å². The van der Waals surface area contributed by atoms with E-state index in [2.05, 4.69) is 43.0 Å². The van der Waals surface area contributed by atoms with Crippen LogP contribution in [0.15, 0.2) is 79.6 Å². The first kappa shape index (κ1) is 34.1. The molecule has 4 aromatic rings. The summed E-state index contributed by atoms with van der Waals surface area (Å²) in [5.41, 5.74) is 4.72. The number of carbonyl (C=O) groups excluding carboxylic acids is 1. The summed E-state index contributed by atoms with van der Waals surface area (Å²) < 4.78 is 25.5. The van der Waals surface area contributed by atoms with Gasteiger partial charge in [-0.1, -0.05) is 30.8 Å². The van der Waals surface area contributed by atoms with Gasteiger partial charge in [0, 0.05) is 38.7 Å². The number of anilines is 5. The molecule has 1 fully saturated rings. The summed E-state index contributed by atoms with van der Waals surface area (Å²) in [7, 11) is 7.58. The third kappa shape index (κ3) is 8.38. The van der Waals surface area contributed by atoms with Crippen LogP contribution >= 0.6 is 0 Å². The zero-order valence-electron chi connectivity index (χ0n) is 28.0. The predicted molar refractivity (Wildman–Crippen MR) is 187 cm³/mol. The van der Waals surface area contributed by atoms with E-state index >= 15 is 0 Å². The summed E-state index contributed by atoms with van der Waals surface area (Å²) in [6, 6.07) is 17.8. The number of aromatic nitrogens is 2. The number of likely N-dealkylation sites (N-methyl/N-ethyl adjacent to an activating group) is 2. The number of benzene rings is 3. The number of hydrogen-bond donors (Lipinski definition) is 2. The second kappa shape index (κ2) is 15.6. The van der Waals surface area contributed by atoms with E-state index < -0.39 is 0 Å². The highest BCUT2D eigenvalue weighted by molar-refractivity contribution is 6.02. The van der Waals surface area contributed by atoms with Crippen molar-refractivity contribution in [1.82, 2.24) is 14.9 Å². The molecule has 12 heteroatoms. The first-order valence-electron chi connectivity index (χ1n) is 15.7. The van der Waals surface area contributed by atoms with Crippen LogP contribution in [0.25, 0.3) is 0 Å². The Balaban J connectivity index is 1.38. The second-order valence-electron chi connectivity index (χ2n) is 11.8. The van der Waals surface area contributed by atoms with E-state index in [0.29, 0.717) is 35.4 Å². The van der Waals surface area contributed by atoms with Crippen molar-refractivity contribution in [2.45, 2.75) is 26.0 Å². The lowest BCUT2D eigenvalue weighted by molar-refractivity contribution is -0.111. The zero-order chi connectivity index (χ0) is 34.2. The van der Waals surface area contributed by atoms with E-state index in [1.54, 1.807) is 24.3 Å². The molecule has 1 aliphatic heterocycles. The number of rotatable bonds is 14. The van der Waals surface area contributed by atoms with Crippen LogP contribution in [0.5, 0.6) is 11.5 Å². The number of hydrogen-bond acceptors (Lipinski definition) is 10. The lowest BCUT2D eigenvalue weighted by Crippen LogP contribution is -2.29. The van der Waals surface area contributed by atoms with Gasteiger partial charge in [-0.15, -0.1) is 0 Å². The van der Waals surface area contributed by atoms with Gasteiger partial charge < -0.3 is 29.9 Å². The quantitative estimate of drug-likeness (QED) is 0.151. The average molecular weight is 656 g/mol. The molecule has 11 nitrogen and oxygen atoms in total. The van der Waals surface area contributed by atoms with E-state index in [1.807, 2.05) is 58.4 Å². The van der Waals surface area contributed by atoms with Crippen LogP contribution in [-0.4, -0.2) is 68.7 Å². The number of amides is 1. The topological polar surface area (TPSA) is 104 Å². The summed E-state index contributed by atoms with van der Waals surface area (Å²) in [4.78, 5) is 31.6. The highest BCUT2D eigenvalue weighted by Gasteiger charge is 2.30. The average Bonchev–Trinajstić information content (AvgIpc) is 3.57. The van der Waals surface area contributed by atoms with Crippen molar-refractivity contribution in [1.29, 1.82) is 0 Å². The molecule has 1 atom stereocenters. The van der Waals surface area contributed by atoms with Gasteiger partial charge >= 0.3 is 0 Å². The van der Waals surface area contributed by atoms with E-state index in [9.17, 15) is 9.18 Å². The number of carbonyl (C=O) groups is 1. The molecule has 1 unspecified atom stereocenters. The Kier molecular flexibility index (Phi) is 11.1. The molecule has 5 rings (SSSR count). The molecule has 0 spiro atoms. The fourth-order valence-electron chi connectivity index (χ4n) is 5.34. The Morgan fingerprint density at radius 2 is 1.92 bits per heavy atom. The molecule has 0 saturated carbocycles. The SMILES string of the molecule is C=CC(=O)Nc1cc(Nc2cc(N3OCCC3c3ccc(C)c(OCc4cccc(F)c4)c3)ncn2)c(OC)cc1N(C)CCN(C)C. The summed E-state index contributed by atoms with van der Waals surface area (Å²) in [6.45, 7) is 7.89. The smallest absolute Gasteiger partial charge is 0.247 e. The minimum absolute atomic E-state index is 0.128. The fraction of sp³-hybridized carbons (Fsp3) is 0.306. The Morgan fingerprint density at radius 1 is 1.08 bits per heavy atom. The van der Waals surface area contributed by atoms with Crippen LogP contribution in [0, 0.1) is 12.7 Å². The van der Waals surface area contributed by atoms with Crippen molar-refractivity contribution in [2.75, 3.05) is 68.5 Å². The molecule has 1 saturated heterocycles. The molecule has 0 bridgehead atoms. The van der Waals surface area contributed by atoms with Crippen LogP contribution in [0.2, 0.25) is 0 Å². The number of nitrogens with zero attached hydrogens (tertiary/aromatic N) is 5. The van der Waals surface area contributed by atoms with Crippen LogP contribution in [-0.2, 0) is 16.2 Å². The van der Waals surface area contributed by atoms with E-state index in [1.165, 1.54) is 24.5 Å². The number of halogens is 1. The minimum atomic E-state index is -0.325. The van der Waals surface area contributed by atoms with Crippen LogP contribution in [0.1, 0.15) is 29.2 Å². The molecule has 252 valence electrons. The standard InChI is InChI=1S/C36H42FN7O4/c1-7-36(45)41-28-19-29(33(46-6)20-31(28)43(5)15-14-42(3)4)40-34-21-35(39-23-38-34)44-30(13-16-48-44)26-12-11-24(2)32(18-26)47-22-25-9-8-10-27(37)17-25/h7-12,17-21,23,30H,1,13-16,22H2,2-6H3,(H,41,45)(H,38,39,40). The van der Waals surface area contributed by atoms with Gasteiger partial charge in [0.25, 0.3) is 0 Å². The van der Waals surface area contributed by atoms with Gasteiger partial charge in [0.15, 0.2) is 5.82 Å². The van der Waals surface area contributed by atoms with Gasteiger partial charge in [-0.3, -0.25) is 9.63 Å². The number of hydroxylamine groups is 1. The molecular weight excluding hydrogens is 613 g/mol. The van der Waals surface area contributed by atoms with Crippen molar-refractivity contribution in [3.8, 4) is 11.5 Å². The van der Waals surface area contributed by atoms with E-state index in [-0.39, 0.29) is 24.4 Å². The molecule has 0 radical (unpaired) electrons. The second-order valence-corrected chi connectivity index (χ2v) is 11.8. The Labute approximate surface area is 280 Å². The normalized spacial score (nSPS) is 14.1. The van der Waals surface area contributed by atoms with Crippen molar-refractivity contribution in [3.63, 3.8) is 0 Å². The van der Waals surface area contributed by atoms with Crippen LogP contribution in [0.4, 0.5) is 33.1 Å². The zero-order valence-corrected chi connectivity index (χ0v) is 28.0. The highest BCUT2D eigenvalue weighted by atomic mass is 19.1. The molecule has 2 heterocycles. The Morgan fingerprint density at radius 3 is 2.67 bits per heavy atom. The maximum absolute atomic E-state index is 13.7. The first-order chi connectivity index (χ1) is 23.1. The predicted octanol–water partition coefficient (Wildman–Crippen LogP) is 6.26. The first-order valence-corrected chi connectivity index (χ1v) is 15.7. The third-order valence-corrected chi connectivity index (χ3v) is 7.98. The summed E-state index contributed by atoms with van der Waals surface area (Å²) in [5, 5.41) is 8.04. The minimum Gasteiger partial charge on any atom is -0.494 e. The van der Waals surface area contributed by atoms with Gasteiger partial charge in [-0.25, -0.2) is 19.4 Å². The lowest BCUT2D eigenvalue weighted by Gasteiger charge is -2.26. The van der Waals surface area contributed by atoms with Crippen LogP contribution in [0.3, 0.4) is 0 Å². The highest BCUT2D eigenvalue weighted by Crippen LogP contribution is 2.40. The van der Waals surface area contributed by atoms with Crippen molar-refractivity contribution < 1.29 is 23.5 Å². The van der Waals surface area contributed by atoms with Gasteiger partial charge in [-0.2, -0.15) is 0 Å². The molecule has 1 aliphatic rings. The van der Waals surface area contributed by atoms with Crippen molar-refractivity contribution in [3.05, 3.63) is 102 Å². The van der Waals surface area contributed by atoms with Gasteiger partial charge in [0.1, 0.15) is 36.1 Å². The molecule has 0 aliphatic carbocycles. The Bertz CT molecular complexity index is 1750. The fourth-order valence-corrected chi connectivity index (χ4v) is 5.34. The largest absolute Gasteiger partial charge is 0.494 e.